The zero-order chi connectivity index (χ0) is 33.0. The number of methoxy groups -OCH3 is 1. The Balaban J connectivity index is 1.84. The highest BCUT2D eigenvalue weighted by molar-refractivity contribution is 6.24. The number of hydrogen-bond donors (Lipinski definition) is 2. The summed E-state index contributed by atoms with van der Waals surface area (Å²) in [5.41, 5.74) is 12.2. The first-order valence-corrected chi connectivity index (χ1v) is 15.2. The Morgan fingerprint density at radius 2 is 1.57 bits per heavy atom. The zero-order valence-corrected chi connectivity index (χ0v) is 26.9. The molecule has 3 aliphatic rings. The van der Waals surface area contributed by atoms with Gasteiger partial charge in [-0.2, -0.15) is 0 Å². The van der Waals surface area contributed by atoms with E-state index in [-0.39, 0.29) is 30.9 Å². The van der Waals surface area contributed by atoms with Gasteiger partial charge < -0.3 is 14.7 Å². The van der Waals surface area contributed by atoms with E-state index in [4.69, 9.17) is 21.1 Å². The van der Waals surface area contributed by atoms with E-state index in [9.17, 15) is 14.4 Å². The van der Waals surface area contributed by atoms with Gasteiger partial charge in [-0.25, -0.2) is 9.97 Å². The van der Waals surface area contributed by atoms with Crippen molar-refractivity contribution in [3.05, 3.63) is 75.4 Å². The van der Waals surface area contributed by atoms with Gasteiger partial charge in [-0.15, -0.1) is 6.42 Å². The van der Waals surface area contributed by atoms with Gasteiger partial charge in [0.25, 0.3) is 11.8 Å². The van der Waals surface area contributed by atoms with Crippen LogP contribution in [-0.2, 0) is 9.53 Å². The average Bonchev–Trinajstić information content (AvgIpc) is 3.71. The van der Waals surface area contributed by atoms with Crippen LogP contribution in [0.25, 0.3) is 50.4 Å². The number of carbonyl (C=O) groups is 3. The van der Waals surface area contributed by atoms with E-state index >= 15 is 0 Å². The van der Waals surface area contributed by atoms with Crippen LogP contribution in [0.2, 0.25) is 0 Å². The lowest BCUT2D eigenvalue weighted by molar-refractivity contribution is -0.140. The van der Waals surface area contributed by atoms with E-state index in [1.807, 2.05) is 45.0 Å². The maximum atomic E-state index is 14.2. The summed E-state index contributed by atoms with van der Waals surface area (Å²) in [5.74, 6) is 1.06. The number of nitrogens with one attached hydrogen (secondary N) is 2. The van der Waals surface area contributed by atoms with Crippen LogP contribution < -0.4 is 0 Å². The molecular formula is C37H35N5O4. The van der Waals surface area contributed by atoms with Crippen molar-refractivity contribution in [3.8, 4) is 12.3 Å². The number of fused-ring (bicyclic) bond motifs is 8. The summed E-state index contributed by atoms with van der Waals surface area (Å²) in [7, 11) is 1.34. The number of rotatable bonds is 6. The van der Waals surface area contributed by atoms with Gasteiger partial charge in [0.1, 0.15) is 0 Å². The number of carbonyl (C=O) groups excluding carboxylic acids is 3. The normalized spacial score (nSPS) is 14.2. The summed E-state index contributed by atoms with van der Waals surface area (Å²) in [6.07, 6.45) is 8.59. The Bertz CT molecular complexity index is 2180. The molecule has 9 nitrogen and oxygen atoms in total. The van der Waals surface area contributed by atoms with E-state index < -0.39 is 11.8 Å². The quantitative estimate of drug-likeness (QED) is 0.175. The molecule has 232 valence electrons. The van der Waals surface area contributed by atoms with Crippen molar-refractivity contribution < 1.29 is 19.1 Å². The molecule has 0 unspecified atom stereocenters. The van der Waals surface area contributed by atoms with Gasteiger partial charge in [0, 0.05) is 28.5 Å². The van der Waals surface area contributed by atoms with E-state index in [2.05, 4.69) is 36.3 Å². The fourth-order valence-corrected chi connectivity index (χ4v) is 6.64. The van der Waals surface area contributed by atoms with Crippen LogP contribution >= 0.6 is 0 Å². The third-order valence-corrected chi connectivity index (χ3v) is 9.26. The number of hydrogen-bond acceptors (Lipinski definition) is 6. The van der Waals surface area contributed by atoms with Crippen molar-refractivity contribution in [2.45, 2.75) is 53.9 Å². The lowest BCUT2D eigenvalue weighted by Gasteiger charge is -2.24. The summed E-state index contributed by atoms with van der Waals surface area (Å²) in [6, 6.07) is 5.92. The van der Waals surface area contributed by atoms with Gasteiger partial charge in [0.15, 0.2) is 0 Å². The molecule has 3 aliphatic heterocycles. The summed E-state index contributed by atoms with van der Waals surface area (Å²) < 4.78 is 4.94. The minimum atomic E-state index is -0.548. The Morgan fingerprint density at radius 3 is 2.24 bits per heavy atom. The topological polar surface area (TPSA) is 121 Å². The first-order valence-electron chi connectivity index (χ1n) is 15.2. The standard InChI is InChI=1S/C37H35N5O4/c1-9-14-42-36(44)32-21(7)28-17-30-23(11-3)19(5)26(39-30)16-29-22(10-2)18(4)25(38-29)15-27-20(6)24(12-13-31(43)46-8)34(40-27)33(37(42)45)35(32)41-28/h1,10,15-17,38,41H,2,11-14H2,3-8H3. The maximum Gasteiger partial charge on any atom is 0.305 e. The van der Waals surface area contributed by atoms with E-state index in [1.54, 1.807) is 0 Å². The Hall–Kier alpha value is -5.49. The molecule has 9 heteroatoms. The first-order chi connectivity index (χ1) is 22.0. The Kier molecular flexibility index (Phi) is 7.61. The molecule has 0 saturated heterocycles. The number of H-pyrrole nitrogens is 2. The highest BCUT2D eigenvalue weighted by atomic mass is 16.5. The number of amides is 2. The summed E-state index contributed by atoms with van der Waals surface area (Å²) in [4.78, 5) is 58.4. The molecule has 0 radical (unpaired) electrons. The molecule has 3 aromatic heterocycles. The molecule has 0 atom stereocenters. The van der Waals surface area contributed by atoms with Crippen LogP contribution in [0.3, 0.4) is 0 Å². The molecule has 0 fully saturated rings. The monoisotopic (exact) mass is 613 g/mol. The third kappa shape index (κ3) is 4.60. The van der Waals surface area contributed by atoms with Gasteiger partial charge in [0.05, 0.1) is 53.1 Å². The molecule has 2 amide bonds. The molecular weight excluding hydrogens is 578 g/mol. The molecule has 3 aromatic rings. The maximum absolute atomic E-state index is 14.2. The van der Waals surface area contributed by atoms with Crippen molar-refractivity contribution in [2.75, 3.05) is 13.7 Å². The van der Waals surface area contributed by atoms with E-state index in [0.29, 0.717) is 39.1 Å². The van der Waals surface area contributed by atoms with Crippen LogP contribution in [0.5, 0.6) is 0 Å². The molecule has 0 aromatic carbocycles. The predicted octanol–water partition coefficient (Wildman–Crippen LogP) is 7.03. The third-order valence-electron chi connectivity index (χ3n) is 9.26. The second-order valence-electron chi connectivity index (χ2n) is 11.7. The summed E-state index contributed by atoms with van der Waals surface area (Å²) >= 11 is 0. The number of imide groups is 1. The molecule has 0 spiro atoms. The van der Waals surface area contributed by atoms with Crippen molar-refractivity contribution in [2.24, 2.45) is 0 Å². The van der Waals surface area contributed by atoms with Crippen LogP contribution in [0.15, 0.2) is 24.8 Å². The SMILES string of the molecule is C#CCN1C(=O)c2c3nc(cc4[nH]c(cc5nc(cc6[nH]c2c(c6C)C1=O)C(CC)=C5C)c(C=C)c4C)C(C)=C3CCC(=O)OC. The molecule has 6 rings (SSSR count). The van der Waals surface area contributed by atoms with Gasteiger partial charge in [-0.1, -0.05) is 25.5 Å². The second-order valence-corrected chi connectivity index (χ2v) is 11.7. The smallest absolute Gasteiger partial charge is 0.305 e. The highest BCUT2D eigenvalue weighted by Gasteiger charge is 2.38. The molecule has 6 heterocycles. The minimum Gasteiger partial charge on any atom is -0.469 e. The lowest BCUT2D eigenvalue weighted by atomic mass is 9.94. The van der Waals surface area contributed by atoms with Crippen molar-refractivity contribution >= 4 is 68.2 Å². The van der Waals surface area contributed by atoms with E-state index in [1.165, 1.54) is 7.11 Å². The largest absolute Gasteiger partial charge is 0.469 e. The van der Waals surface area contributed by atoms with Crippen LogP contribution in [0, 0.1) is 26.2 Å². The summed E-state index contributed by atoms with van der Waals surface area (Å²) in [6.45, 7) is 13.8. The summed E-state index contributed by atoms with van der Waals surface area (Å²) in [5, 5.41) is 0. The molecule has 2 N–H and O–H groups in total. The van der Waals surface area contributed by atoms with Crippen LogP contribution in [-0.4, -0.2) is 56.3 Å². The number of nitrogens with zero attached hydrogens (tertiary/aromatic N) is 3. The van der Waals surface area contributed by atoms with E-state index in [0.717, 1.165) is 61.6 Å². The van der Waals surface area contributed by atoms with Crippen LogP contribution in [0.1, 0.15) is 100 Å². The van der Waals surface area contributed by atoms with Gasteiger partial charge in [-0.3, -0.25) is 19.3 Å². The Labute approximate surface area is 267 Å². The number of aryl methyl sites for hydroxylation is 2. The number of aromatic amines is 2. The number of allylic oxidation sites excluding steroid dienone is 4. The number of esters is 1. The number of aromatic nitrogens is 4. The Morgan fingerprint density at radius 1 is 0.935 bits per heavy atom. The zero-order valence-electron chi connectivity index (χ0n) is 26.9. The van der Waals surface area contributed by atoms with Gasteiger partial charge in [-0.05, 0) is 92.2 Å². The first kappa shape index (κ1) is 30.5. The second kappa shape index (κ2) is 11.5. The lowest BCUT2D eigenvalue weighted by Crippen LogP contribution is -2.41. The number of ether oxygens (including phenoxy) is 1. The molecule has 46 heavy (non-hydrogen) atoms. The highest BCUT2D eigenvalue weighted by Crippen LogP contribution is 2.40. The van der Waals surface area contributed by atoms with Crippen molar-refractivity contribution in [1.82, 2.24) is 24.8 Å². The minimum absolute atomic E-state index is 0.0880. The van der Waals surface area contributed by atoms with Crippen molar-refractivity contribution in [3.63, 3.8) is 0 Å². The predicted molar refractivity (Wildman–Crippen MR) is 181 cm³/mol. The van der Waals surface area contributed by atoms with Gasteiger partial charge in [0.2, 0.25) is 0 Å². The average molecular weight is 614 g/mol. The van der Waals surface area contributed by atoms with Crippen LogP contribution in [0.4, 0.5) is 0 Å². The van der Waals surface area contributed by atoms with Gasteiger partial charge >= 0.3 is 5.97 Å². The molecule has 0 saturated carbocycles. The fraction of sp³-hybridized carbons (Fsp3) is 0.270. The molecule has 8 bridgehead atoms. The molecule has 0 aliphatic carbocycles. The number of terminal acetylenes is 1. The fourth-order valence-electron chi connectivity index (χ4n) is 6.64. The van der Waals surface area contributed by atoms with Crippen molar-refractivity contribution in [1.29, 1.82) is 0 Å².